The van der Waals surface area contributed by atoms with Crippen LogP contribution in [-0.4, -0.2) is 35.9 Å². The molecule has 33 heavy (non-hydrogen) atoms. The number of carbonyl (C=O) groups is 2. The normalized spacial score (nSPS) is 18.6. The summed E-state index contributed by atoms with van der Waals surface area (Å²) >= 11 is 0. The van der Waals surface area contributed by atoms with Crippen LogP contribution in [0, 0.1) is 17.7 Å². The van der Waals surface area contributed by atoms with Crippen molar-refractivity contribution in [1.82, 2.24) is 10.2 Å². The average molecular weight is 453 g/mol. The maximum Gasteiger partial charge on any atom is 0.260 e. The highest BCUT2D eigenvalue weighted by molar-refractivity contribution is 5.80. The number of carbonyl (C=O) groups excluding carboxylic acids is 2. The third-order valence-corrected chi connectivity index (χ3v) is 6.36. The molecule has 2 amide bonds. The van der Waals surface area contributed by atoms with Crippen molar-refractivity contribution in [2.45, 2.75) is 58.6 Å². The first-order valence-corrected chi connectivity index (χ1v) is 11.9. The number of hydrogen-bond acceptors (Lipinski definition) is 3. The summed E-state index contributed by atoms with van der Waals surface area (Å²) in [6, 6.07) is 11.8. The van der Waals surface area contributed by atoms with Gasteiger partial charge in [-0.25, -0.2) is 4.39 Å². The molecule has 176 valence electrons. The number of nitrogens with zero attached hydrogens (tertiary/aromatic N) is 1. The SMILES string of the molecule is CC(C)CC(=O)N1CCc2ccc(O[C@@H](C)C(=O)NCC3CC3)cc2[C@H]1c1cccc(F)c1. The largest absolute Gasteiger partial charge is 0.481 e. The van der Waals surface area contributed by atoms with Gasteiger partial charge in [0, 0.05) is 19.5 Å². The van der Waals surface area contributed by atoms with Crippen molar-refractivity contribution in [1.29, 1.82) is 0 Å². The second-order valence-electron chi connectivity index (χ2n) is 9.70. The van der Waals surface area contributed by atoms with Crippen LogP contribution in [0.4, 0.5) is 4.39 Å². The molecule has 4 rings (SSSR count). The third kappa shape index (κ3) is 5.73. The Balaban J connectivity index is 1.61. The summed E-state index contributed by atoms with van der Waals surface area (Å²) in [4.78, 5) is 27.4. The Hall–Kier alpha value is -2.89. The van der Waals surface area contributed by atoms with E-state index in [1.165, 1.54) is 25.0 Å². The third-order valence-electron chi connectivity index (χ3n) is 6.36. The monoisotopic (exact) mass is 452 g/mol. The highest BCUT2D eigenvalue weighted by atomic mass is 19.1. The van der Waals surface area contributed by atoms with Crippen molar-refractivity contribution in [2.24, 2.45) is 11.8 Å². The van der Waals surface area contributed by atoms with E-state index in [9.17, 15) is 14.0 Å². The molecule has 2 aromatic rings. The van der Waals surface area contributed by atoms with Gasteiger partial charge >= 0.3 is 0 Å². The van der Waals surface area contributed by atoms with Crippen LogP contribution in [0.15, 0.2) is 42.5 Å². The van der Waals surface area contributed by atoms with Gasteiger partial charge in [0.1, 0.15) is 11.6 Å². The first kappa shape index (κ1) is 23.3. The Kier molecular flexibility index (Phi) is 7.01. The molecule has 1 saturated carbocycles. The Bertz CT molecular complexity index is 1020. The number of rotatable bonds is 8. The van der Waals surface area contributed by atoms with Crippen molar-refractivity contribution in [3.8, 4) is 5.75 Å². The molecule has 1 N–H and O–H groups in total. The lowest BCUT2D eigenvalue weighted by Crippen LogP contribution is -2.41. The van der Waals surface area contributed by atoms with Gasteiger partial charge in [0.25, 0.3) is 5.91 Å². The van der Waals surface area contributed by atoms with E-state index in [1.807, 2.05) is 43.0 Å². The number of fused-ring (bicyclic) bond motifs is 1. The average Bonchev–Trinajstić information content (AvgIpc) is 3.60. The predicted molar refractivity (Wildman–Crippen MR) is 125 cm³/mol. The minimum Gasteiger partial charge on any atom is -0.481 e. The highest BCUT2D eigenvalue weighted by Gasteiger charge is 2.33. The Labute approximate surface area is 195 Å². The summed E-state index contributed by atoms with van der Waals surface area (Å²) in [5.74, 6) is 1.01. The fraction of sp³-hybridized carbons (Fsp3) is 0.481. The Morgan fingerprint density at radius 3 is 2.64 bits per heavy atom. The van der Waals surface area contributed by atoms with E-state index in [-0.39, 0.29) is 23.5 Å². The first-order chi connectivity index (χ1) is 15.8. The zero-order valence-electron chi connectivity index (χ0n) is 19.6. The molecule has 0 unspecified atom stereocenters. The topological polar surface area (TPSA) is 58.6 Å². The van der Waals surface area contributed by atoms with Crippen molar-refractivity contribution < 1.29 is 18.7 Å². The molecule has 2 aromatic carbocycles. The molecule has 6 heteroatoms. The fourth-order valence-electron chi connectivity index (χ4n) is 4.41. The van der Waals surface area contributed by atoms with Gasteiger partial charge in [0.15, 0.2) is 6.10 Å². The van der Waals surface area contributed by atoms with E-state index in [0.29, 0.717) is 31.2 Å². The van der Waals surface area contributed by atoms with Crippen molar-refractivity contribution in [3.63, 3.8) is 0 Å². The van der Waals surface area contributed by atoms with Gasteiger partial charge < -0.3 is 15.0 Å². The lowest BCUT2D eigenvalue weighted by atomic mass is 9.87. The van der Waals surface area contributed by atoms with Gasteiger partial charge in [-0.2, -0.15) is 0 Å². The number of amides is 2. The Morgan fingerprint density at radius 1 is 1.15 bits per heavy atom. The summed E-state index contributed by atoms with van der Waals surface area (Å²) in [6.07, 6.45) is 2.89. The van der Waals surface area contributed by atoms with E-state index < -0.39 is 12.1 Å². The lowest BCUT2D eigenvalue weighted by Gasteiger charge is -2.38. The van der Waals surface area contributed by atoms with Crippen LogP contribution >= 0.6 is 0 Å². The van der Waals surface area contributed by atoms with Crippen LogP contribution in [0.2, 0.25) is 0 Å². The summed E-state index contributed by atoms with van der Waals surface area (Å²) in [6.45, 7) is 7.07. The van der Waals surface area contributed by atoms with Crippen LogP contribution < -0.4 is 10.1 Å². The molecule has 0 bridgehead atoms. The summed E-state index contributed by atoms with van der Waals surface area (Å²) < 4.78 is 20.1. The molecule has 5 nitrogen and oxygen atoms in total. The van der Waals surface area contributed by atoms with Crippen LogP contribution in [0.3, 0.4) is 0 Å². The smallest absolute Gasteiger partial charge is 0.260 e. The van der Waals surface area contributed by atoms with Crippen LogP contribution in [-0.2, 0) is 16.0 Å². The molecule has 1 aliphatic carbocycles. The molecular weight excluding hydrogens is 419 g/mol. The van der Waals surface area contributed by atoms with E-state index in [0.717, 1.165) is 23.1 Å². The minimum absolute atomic E-state index is 0.0593. The van der Waals surface area contributed by atoms with Crippen LogP contribution in [0.5, 0.6) is 5.75 Å². The Morgan fingerprint density at radius 2 is 1.94 bits per heavy atom. The van der Waals surface area contributed by atoms with Crippen LogP contribution in [0.25, 0.3) is 0 Å². The van der Waals surface area contributed by atoms with Crippen molar-refractivity contribution >= 4 is 11.8 Å². The van der Waals surface area contributed by atoms with Gasteiger partial charge in [-0.05, 0) is 79.0 Å². The molecule has 2 atom stereocenters. The molecule has 0 spiro atoms. The maximum absolute atomic E-state index is 14.1. The lowest BCUT2D eigenvalue weighted by molar-refractivity contribution is -0.134. The molecule has 0 saturated heterocycles. The molecule has 0 radical (unpaired) electrons. The molecular formula is C27H33FN2O3. The molecule has 1 heterocycles. The van der Waals surface area contributed by atoms with Crippen molar-refractivity contribution in [2.75, 3.05) is 13.1 Å². The second-order valence-corrected chi connectivity index (χ2v) is 9.70. The summed E-state index contributed by atoms with van der Waals surface area (Å²) in [5.41, 5.74) is 2.77. The van der Waals surface area contributed by atoms with Gasteiger partial charge in [-0.3, -0.25) is 9.59 Å². The molecule has 2 aliphatic rings. The van der Waals surface area contributed by atoms with E-state index in [1.54, 1.807) is 13.0 Å². The van der Waals surface area contributed by atoms with Gasteiger partial charge in [0.05, 0.1) is 6.04 Å². The number of hydrogen-bond donors (Lipinski definition) is 1. The number of nitrogens with one attached hydrogen (secondary N) is 1. The predicted octanol–water partition coefficient (Wildman–Crippen LogP) is 4.64. The molecule has 1 aliphatic heterocycles. The van der Waals surface area contributed by atoms with Crippen LogP contribution in [0.1, 0.15) is 62.8 Å². The quantitative estimate of drug-likeness (QED) is 0.635. The van der Waals surface area contributed by atoms with E-state index in [4.69, 9.17) is 4.74 Å². The zero-order chi connectivity index (χ0) is 23.5. The second kappa shape index (κ2) is 9.94. The van der Waals surface area contributed by atoms with Gasteiger partial charge in [-0.15, -0.1) is 0 Å². The fourth-order valence-corrected chi connectivity index (χ4v) is 4.41. The van der Waals surface area contributed by atoms with E-state index >= 15 is 0 Å². The maximum atomic E-state index is 14.1. The standard InChI is InChI=1S/C27H33FN2O3/c1-17(2)13-25(31)30-12-11-20-9-10-23(33-18(3)27(32)29-16-19-7-8-19)15-24(20)26(30)21-5-4-6-22(28)14-21/h4-6,9-10,14-15,17-19,26H,7-8,11-13,16H2,1-3H3,(H,29,32)/t18-,26+/m0/s1. The van der Waals surface area contributed by atoms with Gasteiger partial charge in [-0.1, -0.05) is 32.0 Å². The highest BCUT2D eigenvalue weighted by Crippen LogP contribution is 2.38. The first-order valence-electron chi connectivity index (χ1n) is 11.9. The van der Waals surface area contributed by atoms with Crippen molar-refractivity contribution in [3.05, 3.63) is 65.0 Å². The summed E-state index contributed by atoms with van der Waals surface area (Å²) in [7, 11) is 0. The van der Waals surface area contributed by atoms with Gasteiger partial charge in [0.2, 0.25) is 5.91 Å². The number of halogens is 1. The summed E-state index contributed by atoms with van der Waals surface area (Å²) in [5, 5.41) is 2.95. The minimum atomic E-state index is -0.628. The number of ether oxygens (including phenoxy) is 1. The van der Waals surface area contributed by atoms with E-state index in [2.05, 4.69) is 5.32 Å². The number of benzene rings is 2. The molecule has 1 fully saturated rings. The zero-order valence-corrected chi connectivity index (χ0v) is 19.6. The molecule has 0 aromatic heterocycles.